The first-order chi connectivity index (χ1) is 8.90. The molecule has 1 aliphatic rings. The Balaban J connectivity index is 2.28. The van der Waals surface area contributed by atoms with Crippen molar-refractivity contribution in [3.63, 3.8) is 0 Å². The minimum atomic E-state index is -0.126. The molecule has 1 saturated heterocycles. The molecule has 19 heavy (non-hydrogen) atoms. The van der Waals surface area contributed by atoms with Gasteiger partial charge in [0.25, 0.3) is 0 Å². The van der Waals surface area contributed by atoms with Gasteiger partial charge in [-0.25, -0.2) is 0 Å². The molecule has 0 bridgehead atoms. The lowest BCUT2D eigenvalue weighted by molar-refractivity contribution is -0.123. The number of nitrogens with one attached hydrogen (secondary N) is 2. The molecule has 0 saturated carbocycles. The van der Waals surface area contributed by atoms with E-state index in [0.717, 1.165) is 32.7 Å². The molecule has 1 fully saturated rings. The van der Waals surface area contributed by atoms with Gasteiger partial charge in [0.15, 0.2) is 0 Å². The smallest absolute Gasteiger partial charge is 0.236 e. The van der Waals surface area contributed by atoms with Gasteiger partial charge in [-0.2, -0.15) is 0 Å². The highest BCUT2D eigenvalue weighted by atomic mass is 16.2. The van der Waals surface area contributed by atoms with Gasteiger partial charge in [0.05, 0.1) is 6.04 Å². The second-order valence-corrected chi connectivity index (χ2v) is 6.17. The summed E-state index contributed by atoms with van der Waals surface area (Å²) < 4.78 is 0. The van der Waals surface area contributed by atoms with Crippen molar-refractivity contribution in [2.24, 2.45) is 5.92 Å². The van der Waals surface area contributed by atoms with Gasteiger partial charge in [-0.05, 0) is 26.9 Å². The third-order valence-electron chi connectivity index (χ3n) is 3.72. The second-order valence-electron chi connectivity index (χ2n) is 6.17. The predicted molar refractivity (Wildman–Crippen MR) is 79.2 cm³/mol. The lowest BCUT2D eigenvalue weighted by Crippen LogP contribution is -2.56. The van der Waals surface area contributed by atoms with Crippen molar-refractivity contribution in [1.82, 2.24) is 20.4 Å². The number of piperazine rings is 1. The Labute approximate surface area is 117 Å². The molecule has 1 amide bonds. The predicted octanol–water partition coefficient (Wildman–Crippen LogP) is -0.0175. The first kappa shape index (κ1) is 16.4. The molecular formula is C14H30N4O. The summed E-state index contributed by atoms with van der Waals surface area (Å²) in [4.78, 5) is 16.6. The fraction of sp³-hybridized carbons (Fsp3) is 0.929. The van der Waals surface area contributed by atoms with E-state index in [2.05, 4.69) is 48.4 Å². The summed E-state index contributed by atoms with van der Waals surface area (Å²) in [5, 5.41) is 6.31. The highest BCUT2D eigenvalue weighted by Gasteiger charge is 2.23. The maximum Gasteiger partial charge on any atom is 0.236 e. The Morgan fingerprint density at radius 3 is 2.58 bits per heavy atom. The lowest BCUT2D eigenvalue weighted by atomic mass is 10.1. The fourth-order valence-electron chi connectivity index (χ4n) is 2.19. The van der Waals surface area contributed by atoms with Crippen LogP contribution >= 0.6 is 0 Å². The van der Waals surface area contributed by atoms with Crippen LogP contribution in [0.5, 0.6) is 0 Å². The van der Waals surface area contributed by atoms with Crippen LogP contribution in [0.4, 0.5) is 0 Å². The molecule has 0 spiro atoms. The minimum absolute atomic E-state index is 0.0977. The van der Waals surface area contributed by atoms with Crippen LogP contribution in [0.3, 0.4) is 0 Å². The van der Waals surface area contributed by atoms with E-state index in [1.807, 2.05) is 6.92 Å². The molecule has 0 radical (unpaired) electrons. The van der Waals surface area contributed by atoms with Gasteiger partial charge >= 0.3 is 0 Å². The van der Waals surface area contributed by atoms with Crippen LogP contribution in [0, 0.1) is 5.92 Å². The third kappa shape index (κ3) is 5.89. The highest BCUT2D eigenvalue weighted by Crippen LogP contribution is 2.05. The van der Waals surface area contributed by atoms with Crippen molar-refractivity contribution in [3.05, 3.63) is 0 Å². The molecule has 2 unspecified atom stereocenters. The number of amides is 1. The van der Waals surface area contributed by atoms with Crippen LogP contribution in [0.25, 0.3) is 0 Å². The number of hydrogen-bond acceptors (Lipinski definition) is 4. The number of likely N-dealkylation sites (N-methyl/N-ethyl adjacent to an activating group) is 2. The Hall–Kier alpha value is -0.650. The molecule has 1 heterocycles. The van der Waals surface area contributed by atoms with Gasteiger partial charge in [-0.15, -0.1) is 0 Å². The SMILES string of the molecule is CC(C)CNC(=O)C(C)NCC1CN(C)CCN1C. The van der Waals surface area contributed by atoms with Crippen molar-refractivity contribution < 1.29 is 4.79 Å². The van der Waals surface area contributed by atoms with Crippen molar-refractivity contribution in [2.45, 2.75) is 32.9 Å². The number of carbonyl (C=O) groups is 1. The van der Waals surface area contributed by atoms with Crippen molar-refractivity contribution >= 4 is 5.91 Å². The summed E-state index contributed by atoms with van der Waals surface area (Å²) in [6.45, 7) is 11.0. The van der Waals surface area contributed by atoms with Gasteiger partial charge < -0.3 is 15.5 Å². The molecule has 2 N–H and O–H groups in total. The molecule has 1 aliphatic heterocycles. The first-order valence-electron chi connectivity index (χ1n) is 7.30. The zero-order valence-corrected chi connectivity index (χ0v) is 13.1. The number of hydrogen-bond donors (Lipinski definition) is 2. The van der Waals surface area contributed by atoms with E-state index in [-0.39, 0.29) is 11.9 Å². The Morgan fingerprint density at radius 2 is 1.95 bits per heavy atom. The average Bonchev–Trinajstić information content (AvgIpc) is 2.36. The molecule has 0 aromatic rings. The topological polar surface area (TPSA) is 47.6 Å². The summed E-state index contributed by atoms with van der Waals surface area (Å²) in [6.07, 6.45) is 0. The fourth-order valence-corrected chi connectivity index (χ4v) is 2.19. The standard InChI is InChI=1S/C14H30N4O/c1-11(2)8-16-14(19)12(3)15-9-13-10-17(4)6-7-18(13)5/h11-13,15H,6-10H2,1-5H3,(H,16,19). The largest absolute Gasteiger partial charge is 0.354 e. The first-order valence-corrected chi connectivity index (χ1v) is 7.30. The van der Waals surface area contributed by atoms with Gasteiger partial charge in [-0.1, -0.05) is 13.8 Å². The van der Waals surface area contributed by atoms with Crippen molar-refractivity contribution in [1.29, 1.82) is 0 Å². The van der Waals surface area contributed by atoms with Crippen LogP contribution < -0.4 is 10.6 Å². The monoisotopic (exact) mass is 270 g/mol. The Kier molecular flexibility index (Phi) is 6.75. The van der Waals surface area contributed by atoms with Crippen LogP contribution in [-0.2, 0) is 4.79 Å². The highest BCUT2D eigenvalue weighted by molar-refractivity contribution is 5.81. The number of rotatable bonds is 6. The maximum atomic E-state index is 11.9. The lowest BCUT2D eigenvalue weighted by Gasteiger charge is -2.38. The van der Waals surface area contributed by atoms with Crippen LogP contribution in [-0.4, -0.2) is 74.6 Å². The van der Waals surface area contributed by atoms with Gasteiger partial charge in [0, 0.05) is 38.8 Å². The quantitative estimate of drug-likeness (QED) is 0.712. The normalized spacial score (nSPS) is 23.6. The van der Waals surface area contributed by atoms with E-state index in [1.54, 1.807) is 0 Å². The van der Waals surface area contributed by atoms with E-state index >= 15 is 0 Å². The molecule has 0 aromatic heterocycles. The summed E-state index contributed by atoms with van der Waals surface area (Å²) in [5.41, 5.74) is 0. The molecule has 1 rings (SSSR count). The van der Waals surface area contributed by atoms with E-state index in [4.69, 9.17) is 0 Å². The molecule has 0 aliphatic carbocycles. The molecule has 5 nitrogen and oxygen atoms in total. The van der Waals surface area contributed by atoms with E-state index in [9.17, 15) is 4.79 Å². The van der Waals surface area contributed by atoms with Gasteiger partial charge in [-0.3, -0.25) is 9.69 Å². The average molecular weight is 270 g/mol. The summed E-state index contributed by atoms with van der Waals surface area (Å²) in [7, 11) is 4.31. The molecule has 0 aromatic carbocycles. The Morgan fingerprint density at radius 1 is 1.26 bits per heavy atom. The van der Waals surface area contributed by atoms with Crippen LogP contribution in [0.2, 0.25) is 0 Å². The maximum absolute atomic E-state index is 11.9. The third-order valence-corrected chi connectivity index (χ3v) is 3.72. The second kappa shape index (κ2) is 7.82. The number of carbonyl (C=O) groups excluding carboxylic acids is 1. The van der Waals surface area contributed by atoms with E-state index in [1.165, 1.54) is 0 Å². The minimum Gasteiger partial charge on any atom is -0.354 e. The Bertz CT molecular complexity index is 283. The summed E-state index contributed by atoms with van der Waals surface area (Å²) in [6, 6.07) is 0.360. The van der Waals surface area contributed by atoms with Crippen molar-refractivity contribution in [3.8, 4) is 0 Å². The number of nitrogens with zero attached hydrogens (tertiary/aromatic N) is 2. The summed E-state index contributed by atoms with van der Waals surface area (Å²) in [5.74, 6) is 0.592. The van der Waals surface area contributed by atoms with Crippen LogP contribution in [0.15, 0.2) is 0 Å². The molecule has 2 atom stereocenters. The van der Waals surface area contributed by atoms with E-state index in [0.29, 0.717) is 12.0 Å². The molecule has 5 heteroatoms. The summed E-state index contributed by atoms with van der Waals surface area (Å²) >= 11 is 0. The van der Waals surface area contributed by atoms with Gasteiger partial charge in [0.2, 0.25) is 5.91 Å². The zero-order valence-electron chi connectivity index (χ0n) is 13.1. The molecular weight excluding hydrogens is 240 g/mol. The zero-order chi connectivity index (χ0) is 14.4. The van der Waals surface area contributed by atoms with Gasteiger partial charge in [0.1, 0.15) is 0 Å². The van der Waals surface area contributed by atoms with Crippen LogP contribution in [0.1, 0.15) is 20.8 Å². The van der Waals surface area contributed by atoms with Crippen molar-refractivity contribution in [2.75, 3.05) is 46.8 Å². The van der Waals surface area contributed by atoms with E-state index < -0.39 is 0 Å². The molecule has 112 valence electrons.